The Hall–Kier alpha value is -1.55. The van der Waals surface area contributed by atoms with Crippen molar-refractivity contribution in [3.05, 3.63) is 29.8 Å². The van der Waals surface area contributed by atoms with E-state index < -0.39 is 17.8 Å². The molecule has 0 saturated heterocycles. The smallest absolute Gasteiger partial charge is 0.412 e. The van der Waals surface area contributed by atoms with Crippen LogP contribution in [-0.2, 0) is 4.74 Å². The zero-order valence-corrected chi connectivity index (χ0v) is 10.7. The van der Waals surface area contributed by atoms with E-state index in [4.69, 9.17) is 4.74 Å². The summed E-state index contributed by atoms with van der Waals surface area (Å²) in [7, 11) is 0. The number of hydrogen-bond acceptors (Lipinski definition) is 3. The Morgan fingerprint density at radius 3 is 2.24 bits per heavy atom. The molecule has 0 aliphatic rings. The summed E-state index contributed by atoms with van der Waals surface area (Å²) >= 11 is 0. The number of rotatable bonds is 2. The van der Waals surface area contributed by atoms with Gasteiger partial charge in [-0.25, -0.2) is 4.79 Å². The average Bonchev–Trinajstić information content (AvgIpc) is 2.15. The number of carbonyl (C=O) groups is 1. The van der Waals surface area contributed by atoms with Gasteiger partial charge in [0, 0.05) is 5.69 Å². The third-order valence-electron chi connectivity index (χ3n) is 2.04. The van der Waals surface area contributed by atoms with E-state index in [1.807, 2.05) is 20.8 Å². The van der Waals surface area contributed by atoms with E-state index in [0.29, 0.717) is 5.69 Å². The SMILES string of the molecule is C[C@H](O)c1ccc(NC(=O)OC(C)(C)C)cc1. The molecule has 17 heavy (non-hydrogen) atoms. The van der Waals surface area contributed by atoms with Crippen LogP contribution in [0.1, 0.15) is 39.4 Å². The number of anilines is 1. The molecule has 0 aliphatic carbocycles. The van der Waals surface area contributed by atoms with Crippen LogP contribution in [-0.4, -0.2) is 16.8 Å². The number of benzene rings is 1. The second kappa shape index (κ2) is 5.19. The molecule has 0 aromatic heterocycles. The minimum Gasteiger partial charge on any atom is -0.444 e. The Morgan fingerprint density at radius 2 is 1.82 bits per heavy atom. The molecular weight excluding hydrogens is 218 g/mol. The van der Waals surface area contributed by atoms with Crippen LogP contribution >= 0.6 is 0 Å². The highest BCUT2D eigenvalue weighted by Crippen LogP contribution is 2.16. The molecule has 1 aromatic rings. The van der Waals surface area contributed by atoms with Crippen LogP contribution in [0.2, 0.25) is 0 Å². The Kier molecular flexibility index (Phi) is 4.12. The van der Waals surface area contributed by atoms with Gasteiger partial charge in [-0.3, -0.25) is 5.32 Å². The Balaban J connectivity index is 2.61. The number of hydrogen-bond donors (Lipinski definition) is 2. The van der Waals surface area contributed by atoms with Gasteiger partial charge >= 0.3 is 6.09 Å². The van der Waals surface area contributed by atoms with E-state index in [0.717, 1.165) is 5.56 Å². The molecule has 0 fully saturated rings. The molecule has 94 valence electrons. The molecule has 0 heterocycles. The lowest BCUT2D eigenvalue weighted by Gasteiger charge is -2.19. The van der Waals surface area contributed by atoms with Crippen molar-refractivity contribution in [2.75, 3.05) is 5.32 Å². The van der Waals surface area contributed by atoms with Crippen LogP contribution < -0.4 is 5.32 Å². The van der Waals surface area contributed by atoms with Gasteiger partial charge in [0.15, 0.2) is 0 Å². The second-order valence-electron chi connectivity index (χ2n) is 4.92. The fraction of sp³-hybridized carbons (Fsp3) is 0.462. The van der Waals surface area contributed by atoms with Gasteiger partial charge in [-0.15, -0.1) is 0 Å². The van der Waals surface area contributed by atoms with E-state index >= 15 is 0 Å². The number of amides is 1. The third-order valence-corrected chi connectivity index (χ3v) is 2.04. The first-order valence-corrected chi connectivity index (χ1v) is 5.56. The lowest BCUT2D eigenvalue weighted by atomic mass is 10.1. The largest absolute Gasteiger partial charge is 0.444 e. The third kappa shape index (κ3) is 4.87. The van der Waals surface area contributed by atoms with Crippen molar-refractivity contribution in [2.24, 2.45) is 0 Å². The Bertz CT molecular complexity index is 377. The summed E-state index contributed by atoms with van der Waals surface area (Å²) in [4.78, 5) is 11.5. The minimum absolute atomic E-state index is 0.484. The number of nitrogens with one attached hydrogen (secondary N) is 1. The Morgan fingerprint density at radius 1 is 1.29 bits per heavy atom. The molecule has 2 N–H and O–H groups in total. The topological polar surface area (TPSA) is 58.6 Å². The molecule has 0 aliphatic heterocycles. The normalized spacial score (nSPS) is 13.0. The molecule has 1 atom stereocenters. The first-order valence-electron chi connectivity index (χ1n) is 5.56. The lowest BCUT2D eigenvalue weighted by Crippen LogP contribution is -2.27. The molecule has 1 aromatic carbocycles. The van der Waals surface area contributed by atoms with E-state index in [2.05, 4.69) is 5.32 Å². The van der Waals surface area contributed by atoms with Crippen LogP contribution in [0.5, 0.6) is 0 Å². The number of ether oxygens (including phenoxy) is 1. The van der Waals surface area contributed by atoms with Gasteiger partial charge in [0.25, 0.3) is 0 Å². The van der Waals surface area contributed by atoms with Gasteiger partial charge in [0.1, 0.15) is 5.60 Å². The van der Waals surface area contributed by atoms with E-state index in [1.54, 1.807) is 31.2 Å². The number of carbonyl (C=O) groups excluding carboxylic acids is 1. The lowest BCUT2D eigenvalue weighted by molar-refractivity contribution is 0.0636. The van der Waals surface area contributed by atoms with Crippen LogP contribution in [0, 0.1) is 0 Å². The van der Waals surface area contributed by atoms with Crippen LogP contribution in [0.4, 0.5) is 10.5 Å². The maximum Gasteiger partial charge on any atom is 0.412 e. The molecule has 1 amide bonds. The fourth-order valence-corrected chi connectivity index (χ4v) is 1.27. The molecular formula is C13H19NO3. The standard InChI is InChI=1S/C13H19NO3/c1-9(15)10-5-7-11(8-6-10)14-12(16)17-13(2,3)4/h5-9,15H,1-4H3,(H,14,16)/t9-/m0/s1. The van der Waals surface area contributed by atoms with Gasteiger partial charge in [0.05, 0.1) is 6.10 Å². The van der Waals surface area contributed by atoms with Crippen molar-refractivity contribution in [3.63, 3.8) is 0 Å². The van der Waals surface area contributed by atoms with Gasteiger partial charge in [0.2, 0.25) is 0 Å². The molecule has 0 spiro atoms. The van der Waals surface area contributed by atoms with Crippen molar-refractivity contribution >= 4 is 11.8 Å². The molecule has 4 heteroatoms. The van der Waals surface area contributed by atoms with Gasteiger partial charge in [-0.05, 0) is 45.4 Å². The average molecular weight is 237 g/mol. The summed E-state index contributed by atoms with van der Waals surface area (Å²) in [5, 5.41) is 12.0. The van der Waals surface area contributed by atoms with Crippen molar-refractivity contribution in [2.45, 2.75) is 39.4 Å². The molecule has 1 rings (SSSR count). The number of aliphatic hydroxyl groups is 1. The Labute approximate surface area is 102 Å². The van der Waals surface area contributed by atoms with Crippen molar-refractivity contribution in [3.8, 4) is 0 Å². The van der Waals surface area contributed by atoms with Gasteiger partial charge in [-0.2, -0.15) is 0 Å². The molecule has 0 radical (unpaired) electrons. The monoisotopic (exact) mass is 237 g/mol. The fourth-order valence-electron chi connectivity index (χ4n) is 1.27. The van der Waals surface area contributed by atoms with Crippen molar-refractivity contribution in [1.82, 2.24) is 0 Å². The summed E-state index contributed by atoms with van der Waals surface area (Å²) in [6.45, 7) is 7.12. The van der Waals surface area contributed by atoms with Crippen LogP contribution in [0.25, 0.3) is 0 Å². The van der Waals surface area contributed by atoms with Gasteiger partial charge < -0.3 is 9.84 Å². The van der Waals surface area contributed by atoms with E-state index in [1.165, 1.54) is 0 Å². The molecule has 0 bridgehead atoms. The van der Waals surface area contributed by atoms with Crippen molar-refractivity contribution in [1.29, 1.82) is 0 Å². The maximum atomic E-state index is 11.5. The van der Waals surface area contributed by atoms with E-state index in [-0.39, 0.29) is 0 Å². The zero-order valence-electron chi connectivity index (χ0n) is 10.7. The second-order valence-corrected chi connectivity index (χ2v) is 4.92. The maximum absolute atomic E-state index is 11.5. The summed E-state index contributed by atoms with van der Waals surface area (Å²) in [5.41, 5.74) is 0.937. The molecule has 0 saturated carbocycles. The predicted molar refractivity (Wildman–Crippen MR) is 66.9 cm³/mol. The summed E-state index contributed by atoms with van der Waals surface area (Å²) in [6.07, 6.45) is -0.993. The first-order chi connectivity index (χ1) is 7.78. The molecule has 4 nitrogen and oxygen atoms in total. The first kappa shape index (κ1) is 13.5. The van der Waals surface area contributed by atoms with Crippen molar-refractivity contribution < 1.29 is 14.6 Å². The summed E-state index contributed by atoms with van der Waals surface area (Å²) < 4.78 is 5.12. The summed E-state index contributed by atoms with van der Waals surface area (Å²) in [5.74, 6) is 0. The van der Waals surface area contributed by atoms with Crippen LogP contribution in [0.15, 0.2) is 24.3 Å². The highest BCUT2D eigenvalue weighted by molar-refractivity contribution is 5.84. The predicted octanol–water partition coefficient (Wildman–Crippen LogP) is 3.09. The minimum atomic E-state index is -0.510. The highest BCUT2D eigenvalue weighted by atomic mass is 16.6. The van der Waals surface area contributed by atoms with E-state index in [9.17, 15) is 9.90 Å². The van der Waals surface area contributed by atoms with Crippen LogP contribution in [0.3, 0.4) is 0 Å². The summed E-state index contributed by atoms with van der Waals surface area (Å²) in [6, 6.07) is 6.98. The highest BCUT2D eigenvalue weighted by Gasteiger charge is 2.16. The quantitative estimate of drug-likeness (QED) is 0.831. The molecule has 0 unspecified atom stereocenters. The number of aliphatic hydroxyl groups excluding tert-OH is 1. The van der Waals surface area contributed by atoms with Gasteiger partial charge in [-0.1, -0.05) is 12.1 Å². The zero-order chi connectivity index (χ0) is 13.1.